The highest BCUT2D eigenvalue weighted by Gasteiger charge is 2.32. The van der Waals surface area contributed by atoms with Gasteiger partial charge in [-0.3, -0.25) is 4.98 Å². The van der Waals surface area contributed by atoms with Crippen LogP contribution in [-0.4, -0.2) is 23.6 Å². The summed E-state index contributed by atoms with van der Waals surface area (Å²) in [5.74, 6) is 0.772. The lowest BCUT2D eigenvalue weighted by Crippen LogP contribution is -2.35. The van der Waals surface area contributed by atoms with E-state index in [0.29, 0.717) is 5.41 Å². The van der Waals surface area contributed by atoms with Crippen LogP contribution in [0.15, 0.2) is 18.5 Å². The van der Waals surface area contributed by atoms with Crippen molar-refractivity contribution in [2.75, 3.05) is 18.0 Å². The third-order valence-corrected chi connectivity index (χ3v) is 4.44. The maximum Gasteiger partial charge on any atom is 0.0442 e. The zero-order chi connectivity index (χ0) is 15.7. The lowest BCUT2D eigenvalue weighted by molar-refractivity contribution is 0.263. The summed E-state index contributed by atoms with van der Waals surface area (Å²) >= 11 is 0. The largest absolute Gasteiger partial charge is 0.371 e. The van der Waals surface area contributed by atoms with Crippen LogP contribution in [0.1, 0.15) is 53.5 Å². The van der Waals surface area contributed by atoms with Crippen LogP contribution in [0.3, 0.4) is 0 Å². The normalized spacial score (nSPS) is 20.1. The fourth-order valence-corrected chi connectivity index (χ4v) is 2.91. The minimum Gasteiger partial charge on any atom is -0.371 e. The van der Waals surface area contributed by atoms with Gasteiger partial charge in [-0.15, -0.1) is 0 Å². The van der Waals surface area contributed by atoms with Crippen LogP contribution in [0.2, 0.25) is 0 Å². The fraction of sp³-hybridized carbons (Fsp3) is 0.722. The lowest BCUT2D eigenvalue weighted by atomic mass is 9.80. The number of hydrogen-bond donors (Lipinski definition) is 1. The van der Waals surface area contributed by atoms with Gasteiger partial charge in [-0.2, -0.15) is 0 Å². The first-order chi connectivity index (χ1) is 9.67. The molecule has 2 heterocycles. The Bertz CT molecular complexity index is 468. The molecule has 0 aliphatic carbocycles. The number of pyridine rings is 1. The van der Waals surface area contributed by atoms with Gasteiger partial charge in [0.25, 0.3) is 0 Å². The Hall–Kier alpha value is -1.09. The van der Waals surface area contributed by atoms with Crippen molar-refractivity contribution in [2.24, 2.45) is 11.3 Å². The van der Waals surface area contributed by atoms with Gasteiger partial charge in [-0.05, 0) is 44.6 Å². The SMILES string of the molecule is CC(C)(C)NCc1cnccc1N1CCC(C(C)(C)C)C1. The van der Waals surface area contributed by atoms with Crippen LogP contribution in [0.25, 0.3) is 0 Å². The molecule has 0 saturated carbocycles. The Kier molecular flexibility index (Phi) is 4.62. The smallest absolute Gasteiger partial charge is 0.0442 e. The van der Waals surface area contributed by atoms with E-state index in [4.69, 9.17) is 0 Å². The highest BCUT2D eigenvalue weighted by molar-refractivity contribution is 5.53. The van der Waals surface area contributed by atoms with Crippen molar-refractivity contribution in [1.82, 2.24) is 10.3 Å². The van der Waals surface area contributed by atoms with Gasteiger partial charge in [-0.1, -0.05) is 20.8 Å². The molecule has 1 aromatic heterocycles. The molecule has 2 rings (SSSR count). The van der Waals surface area contributed by atoms with Gasteiger partial charge in [0.2, 0.25) is 0 Å². The summed E-state index contributed by atoms with van der Waals surface area (Å²) in [5.41, 5.74) is 3.19. The van der Waals surface area contributed by atoms with Crippen LogP contribution in [0.5, 0.6) is 0 Å². The molecule has 0 bridgehead atoms. The van der Waals surface area contributed by atoms with Crippen molar-refractivity contribution < 1.29 is 0 Å². The molecule has 3 heteroatoms. The van der Waals surface area contributed by atoms with E-state index in [-0.39, 0.29) is 5.54 Å². The number of nitrogens with zero attached hydrogens (tertiary/aromatic N) is 2. The minimum atomic E-state index is 0.131. The second-order valence-corrected chi connectivity index (χ2v) is 8.41. The summed E-state index contributed by atoms with van der Waals surface area (Å²) < 4.78 is 0. The van der Waals surface area contributed by atoms with Crippen molar-refractivity contribution in [3.8, 4) is 0 Å². The van der Waals surface area contributed by atoms with Crippen molar-refractivity contribution in [1.29, 1.82) is 0 Å². The van der Waals surface area contributed by atoms with Gasteiger partial charge < -0.3 is 10.2 Å². The van der Waals surface area contributed by atoms with Gasteiger partial charge >= 0.3 is 0 Å². The van der Waals surface area contributed by atoms with E-state index in [2.05, 4.69) is 62.8 Å². The van der Waals surface area contributed by atoms with Gasteiger partial charge in [-0.25, -0.2) is 0 Å². The molecule has 1 atom stereocenters. The monoisotopic (exact) mass is 289 g/mol. The predicted molar refractivity (Wildman–Crippen MR) is 90.6 cm³/mol. The Morgan fingerprint density at radius 3 is 2.52 bits per heavy atom. The topological polar surface area (TPSA) is 28.2 Å². The summed E-state index contributed by atoms with van der Waals surface area (Å²) in [7, 11) is 0. The van der Waals surface area contributed by atoms with Crippen molar-refractivity contribution in [2.45, 2.75) is 60.0 Å². The van der Waals surface area contributed by atoms with Crippen LogP contribution in [0.4, 0.5) is 5.69 Å². The highest BCUT2D eigenvalue weighted by Crippen LogP contribution is 2.36. The average Bonchev–Trinajstić information content (AvgIpc) is 2.85. The predicted octanol–water partition coefficient (Wildman–Crippen LogP) is 3.84. The lowest BCUT2D eigenvalue weighted by Gasteiger charge is -2.28. The number of nitrogens with one attached hydrogen (secondary N) is 1. The van der Waals surface area contributed by atoms with Crippen LogP contribution >= 0.6 is 0 Å². The fourth-order valence-electron chi connectivity index (χ4n) is 2.91. The first kappa shape index (κ1) is 16.3. The summed E-state index contributed by atoms with van der Waals surface area (Å²) in [5, 5.41) is 3.58. The highest BCUT2D eigenvalue weighted by atomic mass is 15.2. The van der Waals surface area contributed by atoms with Crippen molar-refractivity contribution in [3.63, 3.8) is 0 Å². The molecule has 118 valence electrons. The van der Waals surface area contributed by atoms with Crippen LogP contribution in [-0.2, 0) is 6.54 Å². The molecule has 0 spiro atoms. The molecule has 1 N–H and O–H groups in total. The number of rotatable bonds is 3. The minimum absolute atomic E-state index is 0.131. The van der Waals surface area contributed by atoms with E-state index in [1.807, 2.05) is 12.4 Å². The standard InChI is InChI=1S/C18H31N3/c1-17(2,3)15-8-10-21(13-15)16-7-9-19-11-14(16)12-20-18(4,5)6/h7,9,11,15,20H,8,10,12-13H2,1-6H3. The second-order valence-electron chi connectivity index (χ2n) is 8.41. The molecular weight excluding hydrogens is 258 g/mol. The zero-order valence-corrected chi connectivity index (χ0v) is 14.5. The molecule has 1 aliphatic heterocycles. The summed E-state index contributed by atoms with van der Waals surface area (Å²) in [6, 6.07) is 2.17. The second kappa shape index (κ2) is 5.96. The molecule has 1 aromatic rings. The first-order valence-electron chi connectivity index (χ1n) is 8.10. The van der Waals surface area contributed by atoms with E-state index in [0.717, 1.165) is 25.6 Å². The van der Waals surface area contributed by atoms with E-state index in [9.17, 15) is 0 Å². The van der Waals surface area contributed by atoms with Gasteiger partial charge in [0.15, 0.2) is 0 Å². The maximum atomic E-state index is 4.32. The molecule has 21 heavy (non-hydrogen) atoms. The Balaban J connectivity index is 2.10. The number of aromatic nitrogens is 1. The number of hydrogen-bond acceptors (Lipinski definition) is 3. The zero-order valence-electron chi connectivity index (χ0n) is 14.5. The Morgan fingerprint density at radius 2 is 1.95 bits per heavy atom. The van der Waals surface area contributed by atoms with Crippen LogP contribution in [0, 0.1) is 11.3 Å². The summed E-state index contributed by atoms with van der Waals surface area (Å²) in [6.45, 7) is 16.9. The molecule has 0 amide bonds. The third kappa shape index (κ3) is 4.44. The molecule has 0 radical (unpaired) electrons. The van der Waals surface area contributed by atoms with E-state index < -0.39 is 0 Å². The van der Waals surface area contributed by atoms with Gasteiger partial charge in [0.1, 0.15) is 0 Å². The Morgan fingerprint density at radius 1 is 1.24 bits per heavy atom. The maximum absolute atomic E-state index is 4.32. The molecule has 1 fully saturated rings. The molecule has 1 aliphatic rings. The molecule has 1 unspecified atom stereocenters. The quantitative estimate of drug-likeness (QED) is 0.916. The van der Waals surface area contributed by atoms with E-state index >= 15 is 0 Å². The Labute approximate surface area is 130 Å². The summed E-state index contributed by atoms with van der Waals surface area (Å²) in [4.78, 5) is 6.86. The third-order valence-electron chi connectivity index (χ3n) is 4.44. The van der Waals surface area contributed by atoms with E-state index in [1.165, 1.54) is 17.7 Å². The molecule has 0 aromatic carbocycles. The average molecular weight is 289 g/mol. The molecule has 1 saturated heterocycles. The van der Waals surface area contributed by atoms with Crippen molar-refractivity contribution in [3.05, 3.63) is 24.0 Å². The first-order valence-corrected chi connectivity index (χ1v) is 8.10. The molecular formula is C18H31N3. The van der Waals surface area contributed by atoms with E-state index in [1.54, 1.807) is 0 Å². The van der Waals surface area contributed by atoms with Crippen molar-refractivity contribution >= 4 is 5.69 Å². The number of anilines is 1. The molecule has 3 nitrogen and oxygen atoms in total. The van der Waals surface area contributed by atoms with Crippen LogP contribution < -0.4 is 10.2 Å². The summed E-state index contributed by atoms with van der Waals surface area (Å²) in [6.07, 6.45) is 5.22. The van der Waals surface area contributed by atoms with Gasteiger partial charge in [0, 0.05) is 48.8 Å². The van der Waals surface area contributed by atoms with Gasteiger partial charge in [0.05, 0.1) is 0 Å².